The van der Waals surface area contributed by atoms with Gasteiger partial charge >= 0.3 is 0 Å². The van der Waals surface area contributed by atoms with Crippen LogP contribution in [-0.2, 0) is 32.9 Å². The van der Waals surface area contributed by atoms with Crippen molar-refractivity contribution >= 4 is 45.9 Å². The number of ether oxygens (including phenoxy) is 2. The van der Waals surface area contributed by atoms with Crippen LogP contribution in [-0.4, -0.2) is 40.4 Å². The summed E-state index contributed by atoms with van der Waals surface area (Å²) in [5, 5.41) is 8.02. The minimum Gasteiger partial charge on any atom is -0.454 e. The Morgan fingerprint density at radius 3 is 2.73 bits per heavy atom. The molecule has 5 heterocycles. The van der Waals surface area contributed by atoms with Crippen LogP contribution in [0.4, 0.5) is 5.69 Å². The fraction of sp³-hybridized carbons (Fsp3) is 0.258. The molecule has 4 aromatic rings. The lowest BCUT2D eigenvalue weighted by atomic mass is 9.76. The monoisotopic (exact) mass is 568 g/mol. The summed E-state index contributed by atoms with van der Waals surface area (Å²) < 4.78 is 10.9. The smallest absolute Gasteiger partial charge is 0.250 e. The molecule has 3 aromatic carbocycles. The number of para-hydroxylation sites is 1. The molecule has 10 heteroatoms. The van der Waals surface area contributed by atoms with E-state index in [1.54, 1.807) is 24.3 Å². The van der Waals surface area contributed by atoms with E-state index >= 15 is 0 Å². The van der Waals surface area contributed by atoms with Gasteiger partial charge in [-0.3, -0.25) is 24.6 Å². The molecule has 1 aromatic heterocycles. The summed E-state index contributed by atoms with van der Waals surface area (Å²) in [4.78, 5) is 47.0. The lowest BCUT2D eigenvalue weighted by molar-refractivity contribution is -0.143. The second-order valence-corrected chi connectivity index (χ2v) is 11.6. The number of carbonyl (C=O) groups excluding carboxylic acids is 3. The van der Waals surface area contributed by atoms with E-state index < -0.39 is 23.4 Å². The van der Waals surface area contributed by atoms with E-state index in [0.717, 1.165) is 27.6 Å². The van der Waals surface area contributed by atoms with Crippen LogP contribution in [0.2, 0.25) is 5.02 Å². The molecule has 3 N–H and O–H groups in total. The normalized spacial score (nSPS) is 25.9. The number of anilines is 1. The van der Waals surface area contributed by atoms with Gasteiger partial charge in [-0.2, -0.15) is 0 Å². The minimum atomic E-state index is -1.43. The predicted octanol–water partition coefficient (Wildman–Crippen LogP) is 4.02. The van der Waals surface area contributed by atoms with Crippen LogP contribution < -0.4 is 20.1 Å². The van der Waals surface area contributed by atoms with Crippen LogP contribution in [0.5, 0.6) is 11.5 Å². The standard InChI is InChI=1S/C31H25ClN4O5/c1-15-8-18(32)11-20-27(15)34-30(39)31(20)26-25(22(35-31)10-17-12-33-21-5-3-2-4-19(17)21)28(37)36(29(26)38)13-16-6-7-23-24(9-16)41-14-40-23/h2-9,11-12,22,25-26,33,35H,10,13-14H2,1H3,(H,34,39)/t22-,25+,26+,31-/m1/s1. The van der Waals surface area contributed by atoms with Crippen molar-refractivity contribution in [2.45, 2.75) is 31.5 Å². The molecule has 4 atom stereocenters. The van der Waals surface area contributed by atoms with Crippen LogP contribution in [0.25, 0.3) is 10.9 Å². The van der Waals surface area contributed by atoms with Crippen molar-refractivity contribution in [3.05, 3.63) is 88.1 Å². The van der Waals surface area contributed by atoms with Crippen LogP contribution >= 0.6 is 11.6 Å². The van der Waals surface area contributed by atoms with Gasteiger partial charge < -0.3 is 19.8 Å². The number of benzene rings is 3. The summed E-state index contributed by atoms with van der Waals surface area (Å²) in [6, 6.07) is 16.4. The highest BCUT2D eigenvalue weighted by molar-refractivity contribution is 6.31. The van der Waals surface area contributed by atoms with Gasteiger partial charge in [0.15, 0.2) is 11.5 Å². The van der Waals surface area contributed by atoms with Crippen molar-refractivity contribution < 1.29 is 23.9 Å². The summed E-state index contributed by atoms with van der Waals surface area (Å²) in [6.07, 6.45) is 2.38. The summed E-state index contributed by atoms with van der Waals surface area (Å²) in [7, 11) is 0. The third kappa shape index (κ3) is 3.36. The first-order valence-corrected chi connectivity index (χ1v) is 13.9. The van der Waals surface area contributed by atoms with Crippen LogP contribution in [0.3, 0.4) is 0 Å². The summed E-state index contributed by atoms with van der Waals surface area (Å²) in [6.45, 7) is 2.07. The van der Waals surface area contributed by atoms with Gasteiger partial charge in [0.1, 0.15) is 5.54 Å². The zero-order valence-corrected chi connectivity index (χ0v) is 22.7. The Morgan fingerprint density at radius 2 is 1.85 bits per heavy atom. The number of halogens is 1. The van der Waals surface area contributed by atoms with Gasteiger partial charge in [0.25, 0.3) is 0 Å². The quantitative estimate of drug-likeness (QED) is 0.321. The molecule has 9 nitrogen and oxygen atoms in total. The van der Waals surface area contributed by atoms with E-state index in [1.165, 1.54) is 4.90 Å². The SMILES string of the molecule is Cc1cc(Cl)cc2c1NC(=O)[C@@]21N[C@H](Cc2c[nH]c3ccccc23)[C@@H]2C(=O)N(Cc3ccc4c(c3)OCO4)C(=O)[C@H]21. The summed E-state index contributed by atoms with van der Waals surface area (Å²) >= 11 is 6.49. The Hall–Kier alpha value is -4.34. The van der Waals surface area contributed by atoms with E-state index in [4.69, 9.17) is 21.1 Å². The number of aryl methyl sites for hydroxylation is 1. The van der Waals surface area contributed by atoms with Gasteiger partial charge in [-0.05, 0) is 60.4 Å². The molecular formula is C31H25ClN4O5. The summed E-state index contributed by atoms with van der Waals surface area (Å²) in [5.74, 6) is -1.51. The maximum absolute atomic E-state index is 14.3. The number of fused-ring (bicyclic) bond motifs is 6. The number of likely N-dealkylation sites (tertiary alicyclic amines) is 1. The molecule has 2 fully saturated rings. The number of aromatic amines is 1. The highest BCUT2D eigenvalue weighted by Gasteiger charge is 2.70. The van der Waals surface area contributed by atoms with Gasteiger partial charge in [-0.1, -0.05) is 35.9 Å². The van der Waals surface area contributed by atoms with Crippen LogP contribution in [0, 0.1) is 18.8 Å². The largest absolute Gasteiger partial charge is 0.454 e. The van der Waals surface area contributed by atoms with E-state index in [0.29, 0.717) is 34.2 Å². The maximum Gasteiger partial charge on any atom is 0.250 e. The van der Waals surface area contributed by atoms with Gasteiger partial charge in [0.2, 0.25) is 24.5 Å². The molecule has 3 amide bonds. The van der Waals surface area contributed by atoms with Gasteiger partial charge in [-0.15, -0.1) is 0 Å². The Bertz CT molecular complexity index is 1820. The van der Waals surface area contributed by atoms with Gasteiger partial charge in [0.05, 0.1) is 18.4 Å². The minimum absolute atomic E-state index is 0.0697. The first kappa shape index (κ1) is 24.5. The lowest BCUT2D eigenvalue weighted by Crippen LogP contribution is -2.53. The Morgan fingerprint density at radius 1 is 1.02 bits per heavy atom. The van der Waals surface area contributed by atoms with Crippen LogP contribution in [0.1, 0.15) is 22.3 Å². The first-order valence-electron chi connectivity index (χ1n) is 13.5. The number of rotatable bonds is 4. The highest BCUT2D eigenvalue weighted by Crippen LogP contribution is 2.54. The topological polar surface area (TPSA) is 113 Å². The van der Waals surface area contributed by atoms with Crippen molar-refractivity contribution in [1.82, 2.24) is 15.2 Å². The maximum atomic E-state index is 14.3. The average molecular weight is 569 g/mol. The second kappa shape index (κ2) is 8.58. The van der Waals surface area contributed by atoms with Crippen LogP contribution in [0.15, 0.2) is 60.8 Å². The number of nitrogens with one attached hydrogen (secondary N) is 3. The number of imide groups is 1. The zero-order chi connectivity index (χ0) is 28.0. The van der Waals surface area contributed by atoms with E-state index in [2.05, 4.69) is 15.6 Å². The molecule has 4 aliphatic rings. The first-order chi connectivity index (χ1) is 19.8. The molecule has 2 saturated heterocycles. The number of carbonyl (C=O) groups is 3. The number of nitrogens with zero attached hydrogens (tertiary/aromatic N) is 1. The molecule has 206 valence electrons. The molecule has 0 bridgehead atoms. The van der Waals surface area contributed by atoms with Gasteiger partial charge in [0, 0.05) is 39.4 Å². The molecule has 0 saturated carbocycles. The van der Waals surface area contributed by atoms with Gasteiger partial charge in [-0.25, -0.2) is 0 Å². The van der Waals surface area contributed by atoms with E-state index in [1.807, 2.05) is 43.5 Å². The number of H-pyrrole nitrogens is 1. The zero-order valence-electron chi connectivity index (χ0n) is 22.0. The van der Waals surface area contributed by atoms with E-state index in [-0.39, 0.29) is 31.1 Å². The Labute approximate surface area is 239 Å². The van der Waals surface area contributed by atoms with Crippen molar-refractivity contribution in [2.24, 2.45) is 11.8 Å². The molecule has 8 rings (SSSR count). The molecule has 0 aliphatic carbocycles. The molecule has 1 spiro atoms. The fourth-order valence-electron chi connectivity index (χ4n) is 7.18. The van der Waals surface area contributed by atoms with E-state index in [9.17, 15) is 14.4 Å². The number of hydrogen-bond acceptors (Lipinski definition) is 6. The predicted molar refractivity (Wildman–Crippen MR) is 151 cm³/mol. The average Bonchev–Trinajstić information content (AvgIpc) is 3.75. The molecule has 41 heavy (non-hydrogen) atoms. The Kier molecular flexibility index (Phi) is 5.12. The Balaban J connectivity index is 1.23. The number of amides is 3. The molecule has 0 unspecified atom stereocenters. The summed E-state index contributed by atoms with van der Waals surface area (Å²) in [5.41, 5.74) is 3.33. The molecular weight excluding hydrogens is 544 g/mol. The molecule has 0 radical (unpaired) electrons. The lowest BCUT2D eigenvalue weighted by Gasteiger charge is -2.29. The fourth-order valence-corrected chi connectivity index (χ4v) is 7.46. The highest BCUT2D eigenvalue weighted by atomic mass is 35.5. The third-order valence-corrected chi connectivity index (χ3v) is 9.19. The van der Waals surface area contributed by atoms with Crippen molar-refractivity contribution in [2.75, 3.05) is 12.1 Å². The number of hydrogen-bond donors (Lipinski definition) is 3. The van der Waals surface area contributed by atoms with Crippen molar-refractivity contribution in [3.8, 4) is 11.5 Å². The van der Waals surface area contributed by atoms with Crippen molar-refractivity contribution in [1.29, 1.82) is 0 Å². The number of aromatic nitrogens is 1. The third-order valence-electron chi connectivity index (χ3n) is 8.97. The molecule has 4 aliphatic heterocycles. The second-order valence-electron chi connectivity index (χ2n) is 11.2. The van der Waals surface area contributed by atoms with Crippen molar-refractivity contribution in [3.63, 3.8) is 0 Å².